The highest BCUT2D eigenvalue weighted by Gasteiger charge is 2.13. The quantitative estimate of drug-likeness (QED) is 0.433. The van der Waals surface area contributed by atoms with Gasteiger partial charge in [-0.25, -0.2) is 0 Å². The van der Waals surface area contributed by atoms with Crippen molar-refractivity contribution in [2.24, 2.45) is 17.1 Å². The van der Waals surface area contributed by atoms with Crippen LogP contribution in [0.3, 0.4) is 0 Å². The average Bonchev–Trinajstić information content (AvgIpc) is 2.49. The van der Waals surface area contributed by atoms with E-state index >= 15 is 0 Å². The van der Waals surface area contributed by atoms with Gasteiger partial charge in [-0.1, -0.05) is 47.5 Å². The first-order valence-electron chi connectivity index (χ1n) is 9.49. The molecule has 0 saturated heterocycles. The molecule has 1 atom stereocenters. The van der Waals surface area contributed by atoms with Crippen molar-refractivity contribution in [2.45, 2.75) is 72.8 Å². The van der Waals surface area contributed by atoms with Crippen molar-refractivity contribution in [2.75, 3.05) is 24.6 Å². The lowest BCUT2D eigenvalue weighted by molar-refractivity contribution is -0.123. The average molecular weight is 374 g/mol. The molecule has 25 heavy (non-hydrogen) atoms. The molecule has 148 valence electrons. The molecule has 4 N–H and O–H groups in total. The lowest BCUT2D eigenvalue weighted by atomic mass is 9.89. The summed E-state index contributed by atoms with van der Waals surface area (Å²) in [7, 11) is 0. The summed E-state index contributed by atoms with van der Waals surface area (Å²) in [6, 6.07) is -0.484. The number of thioether (sulfide) groups is 1. The smallest absolute Gasteiger partial charge is 0.237 e. The highest BCUT2D eigenvalue weighted by atomic mass is 32.2. The standard InChI is InChI=1S/C19H39N3O2S/c1-15(2)13-25-14-16(20)18(24)22-12-11-21-17(23)9-7-6-8-10-19(3,4)5/h15-16H,6-14,20H2,1-5H3,(H,21,23)(H,22,24)/t16-/m0/s1. The summed E-state index contributed by atoms with van der Waals surface area (Å²) in [5.74, 6) is 2.15. The van der Waals surface area contributed by atoms with E-state index < -0.39 is 6.04 Å². The number of amides is 2. The Labute approximate surface area is 158 Å². The summed E-state index contributed by atoms with van der Waals surface area (Å²) in [5.41, 5.74) is 6.22. The predicted molar refractivity (Wildman–Crippen MR) is 109 cm³/mol. The van der Waals surface area contributed by atoms with E-state index in [-0.39, 0.29) is 11.8 Å². The van der Waals surface area contributed by atoms with E-state index in [0.29, 0.717) is 36.6 Å². The van der Waals surface area contributed by atoms with E-state index in [1.807, 2.05) is 0 Å². The Kier molecular flexibility index (Phi) is 13.0. The van der Waals surface area contributed by atoms with Crippen LogP contribution in [-0.2, 0) is 9.59 Å². The second-order valence-corrected chi connectivity index (χ2v) is 9.38. The minimum absolute atomic E-state index is 0.0572. The van der Waals surface area contributed by atoms with Gasteiger partial charge in [-0.2, -0.15) is 11.8 Å². The number of nitrogens with one attached hydrogen (secondary N) is 2. The molecular weight excluding hydrogens is 334 g/mol. The predicted octanol–water partition coefficient (Wildman–Crippen LogP) is 2.93. The fourth-order valence-electron chi connectivity index (χ4n) is 2.23. The Balaban J connectivity index is 3.59. The van der Waals surface area contributed by atoms with Crippen LogP contribution in [0, 0.1) is 11.3 Å². The maximum absolute atomic E-state index is 11.8. The third-order valence-electron chi connectivity index (χ3n) is 3.66. The first-order valence-corrected chi connectivity index (χ1v) is 10.6. The first-order chi connectivity index (χ1) is 11.6. The number of carbonyl (C=O) groups excluding carboxylic acids is 2. The van der Waals surface area contributed by atoms with Gasteiger partial charge in [0.05, 0.1) is 6.04 Å². The van der Waals surface area contributed by atoms with Crippen molar-refractivity contribution in [3.05, 3.63) is 0 Å². The maximum Gasteiger partial charge on any atom is 0.237 e. The van der Waals surface area contributed by atoms with E-state index in [2.05, 4.69) is 45.3 Å². The molecule has 0 radical (unpaired) electrons. The van der Waals surface area contributed by atoms with Gasteiger partial charge in [0.1, 0.15) is 0 Å². The zero-order valence-corrected chi connectivity index (χ0v) is 17.6. The highest BCUT2D eigenvalue weighted by molar-refractivity contribution is 7.99. The fourth-order valence-corrected chi connectivity index (χ4v) is 3.24. The molecule has 0 saturated carbocycles. The van der Waals surface area contributed by atoms with Crippen LogP contribution in [-0.4, -0.2) is 42.5 Å². The zero-order chi connectivity index (χ0) is 19.3. The highest BCUT2D eigenvalue weighted by Crippen LogP contribution is 2.22. The molecular formula is C19H39N3O2S. The van der Waals surface area contributed by atoms with Crippen molar-refractivity contribution in [3.8, 4) is 0 Å². The van der Waals surface area contributed by atoms with Crippen LogP contribution in [0.2, 0.25) is 0 Å². The summed E-state index contributed by atoms with van der Waals surface area (Å²) in [6.07, 6.45) is 4.93. The van der Waals surface area contributed by atoms with Gasteiger partial charge in [0.2, 0.25) is 11.8 Å². The molecule has 0 heterocycles. The molecule has 0 bridgehead atoms. The number of carbonyl (C=O) groups is 2. The molecule has 0 aromatic heterocycles. The Morgan fingerprint density at radius 1 is 1.00 bits per heavy atom. The molecule has 2 amide bonds. The molecule has 0 rings (SSSR count). The molecule has 0 unspecified atom stereocenters. The van der Waals surface area contributed by atoms with Crippen LogP contribution in [0.25, 0.3) is 0 Å². The minimum Gasteiger partial charge on any atom is -0.354 e. The summed E-state index contributed by atoms with van der Waals surface area (Å²) in [5, 5.41) is 5.62. The maximum atomic E-state index is 11.8. The molecule has 0 fully saturated rings. The molecule has 0 aliphatic heterocycles. The Bertz CT molecular complexity index is 381. The van der Waals surface area contributed by atoms with Crippen LogP contribution in [0.1, 0.15) is 66.7 Å². The topological polar surface area (TPSA) is 84.2 Å². The lowest BCUT2D eigenvalue weighted by Crippen LogP contribution is -2.44. The molecule has 0 aromatic carbocycles. The van der Waals surface area contributed by atoms with E-state index in [1.54, 1.807) is 11.8 Å². The largest absolute Gasteiger partial charge is 0.354 e. The van der Waals surface area contributed by atoms with Gasteiger partial charge >= 0.3 is 0 Å². The Morgan fingerprint density at radius 2 is 1.64 bits per heavy atom. The van der Waals surface area contributed by atoms with Crippen LogP contribution in [0.4, 0.5) is 0 Å². The Hall–Kier alpha value is -0.750. The number of nitrogens with two attached hydrogens (primary N) is 1. The number of unbranched alkanes of at least 4 members (excludes halogenated alkanes) is 2. The summed E-state index contributed by atoms with van der Waals surface area (Å²) < 4.78 is 0. The normalized spacial score (nSPS) is 12.9. The third kappa shape index (κ3) is 16.5. The summed E-state index contributed by atoms with van der Waals surface area (Å²) in [4.78, 5) is 23.6. The van der Waals surface area contributed by atoms with Gasteiger partial charge in [-0.3, -0.25) is 9.59 Å². The van der Waals surface area contributed by atoms with E-state index in [4.69, 9.17) is 5.73 Å². The second-order valence-electron chi connectivity index (χ2n) is 8.30. The van der Waals surface area contributed by atoms with E-state index in [0.717, 1.165) is 18.6 Å². The van der Waals surface area contributed by atoms with Crippen LogP contribution < -0.4 is 16.4 Å². The van der Waals surface area contributed by atoms with Gasteiger partial charge in [0, 0.05) is 25.3 Å². The van der Waals surface area contributed by atoms with E-state index in [9.17, 15) is 9.59 Å². The van der Waals surface area contributed by atoms with Crippen molar-refractivity contribution in [3.63, 3.8) is 0 Å². The second kappa shape index (κ2) is 13.5. The van der Waals surface area contributed by atoms with Gasteiger partial charge in [0.15, 0.2) is 0 Å². The molecule has 0 spiro atoms. The van der Waals surface area contributed by atoms with Gasteiger partial charge in [-0.05, 0) is 29.9 Å². The van der Waals surface area contributed by atoms with Gasteiger partial charge in [-0.15, -0.1) is 0 Å². The zero-order valence-electron chi connectivity index (χ0n) is 16.8. The SMILES string of the molecule is CC(C)CSC[C@H](N)C(=O)NCCNC(=O)CCCCCC(C)(C)C. The molecule has 0 aromatic rings. The first kappa shape index (κ1) is 24.2. The van der Waals surface area contributed by atoms with Crippen LogP contribution >= 0.6 is 11.8 Å². The van der Waals surface area contributed by atoms with Crippen LogP contribution in [0.5, 0.6) is 0 Å². The van der Waals surface area contributed by atoms with E-state index in [1.165, 1.54) is 12.8 Å². The number of hydrogen-bond acceptors (Lipinski definition) is 4. The molecule has 6 heteroatoms. The monoisotopic (exact) mass is 373 g/mol. The van der Waals surface area contributed by atoms with Crippen molar-refractivity contribution in [1.29, 1.82) is 0 Å². The lowest BCUT2D eigenvalue weighted by Gasteiger charge is -2.17. The molecule has 5 nitrogen and oxygen atoms in total. The van der Waals surface area contributed by atoms with Crippen molar-refractivity contribution < 1.29 is 9.59 Å². The number of rotatable bonds is 13. The van der Waals surface area contributed by atoms with Crippen molar-refractivity contribution >= 4 is 23.6 Å². The Morgan fingerprint density at radius 3 is 2.24 bits per heavy atom. The van der Waals surface area contributed by atoms with Crippen molar-refractivity contribution in [1.82, 2.24) is 10.6 Å². The molecule has 0 aliphatic rings. The molecule has 0 aliphatic carbocycles. The minimum atomic E-state index is -0.484. The summed E-state index contributed by atoms with van der Waals surface area (Å²) in [6.45, 7) is 11.9. The number of hydrogen-bond donors (Lipinski definition) is 3. The summed E-state index contributed by atoms with van der Waals surface area (Å²) >= 11 is 1.70. The van der Waals surface area contributed by atoms with Crippen LogP contribution in [0.15, 0.2) is 0 Å². The van der Waals surface area contributed by atoms with Gasteiger partial charge in [0.25, 0.3) is 0 Å². The third-order valence-corrected chi connectivity index (χ3v) is 5.16. The fraction of sp³-hybridized carbons (Fsp3) is 0.895. The van der Waals surface area contributed by atoms with Gasteiger partial charge < -0.3 is 16.4 Å².